The lowest BCUT2D eigenvalue weighted by atomic mass is 10.1. The van der Waals surface area contributed by atoms with E-state index in [9.17, 15) is 9.59 Å². The number of likely N-dealkylation sites (N-methyl/N-ethyl adjacent to an activating group) is 1. The van der Waals surface area contributed by atoms with Gasteiger partial charge in [-0.15, -0.1) is 0 Å². The zero-order chi connectivity index (χ0) is 17.9. The average molecular weight is 371 g/mol. The largest absolute Gasteiger partial charge is 0.493 e. The molecule has 7 nitrogen and oxygen atoms in total. The van der Waals surface area contributed by atoms with Crippen molar-refractivity contribution >= 4 is 46.9 Å². The Balaban J connectivity index is 2.34. The van der Waals surface area contributed by atoms with E-state index in [1.807, 2.05) is 6.92 Å². The summed E-state index contributed by atoms with van der Waals surface area (Å²) in [6.07, 6.45) is 1.58. The molecule has 0 spiro atoms. The van der Waals surface area contributed by atoms with E-state index >= 15 is 0 Å². The lowest BCUT2D eigenvalue weighted by Crippen LogP contribution is -2.30. The zero-order valence-corrected chi connectivity index (χ0v) is 14.5. The lowest BCUT2D eigenvalue weighted by Gasteiger charge is -2.12. The van der Waals surface area contributed by atoms with Gasteiger partial charge in [-0.3, -0.25) is 9.69 Å². The van der Waals surface area contributed by atoms with Crippen molar-refractivity contribution in [2.24, 2.45) is 0 Å². The summed E-state index contributed by atoms with van der Waals surface area (Å²) in [6, 6.07) is 3.13. The van der Waals surface area contributed by atoms with Crippen molar-refractivity contribution in [1.82, 2.24) is 10.2 Å². The number of benzene rings is 1. The third kappa shape index (κ3) is 3.77. The number of nitrogens with one attached hydrogen (secondary N) is 1. The van der Waals surface area contributed by atoms with E-state index in [1.165, 1.54) is 12.0 Å². The molecular weight excluding hydrogens is 356 g/mol. The maximum absolute atomic E-state index is 12.2. The van der Waals surface area contributed by atoms with Crippen LogP contribution in [0.5, 0.6) is 11.5 Å². The average Bonchev–Trinajstić information content (AvgIpc) is 2.79. The molecule has 24 heavy (non-hydrogen) atoms. The van der Waals surface area contributed by atoms with Gasteiger partial charge in [0.1, 0.15) is 5.70 Å². The number of amides is 1. The predicted octanol–water partition coefficient (Wildman–Crippen LogP) is 1.89. The molecule has 0 aliphatic carbocycles. The Kier molecular flexibility index (Phi) is 5.63. The second-order valence-corrected chi connectivity index (χ2v) is 5.55. The first-order valence-corrected chi connectivity index (χ1v) is 7.72. The minimum absolute atomic E-state index is 0.125. The molecule has 0 radical (unpaired) electrons. The maximum atomic E-state index is 12.2. The van der Waals surface area contributed by atoms with E-state index in [0.29, 0.717) is 22.9 Å². The molecule has 2 N–H and O–H groups in total. The molecule has 128 valence electrons. The fraction of sp³-hybridized carbons (Fsp3) is 0.267. The van der Waals surface area contributed by atoms with Gasteiger partial charge in [0, 0.05) is 6.54 Å². The summed E-state index contributed by atoms with van der Waals surface area (Å²) < 4.78 is 10.3. The van der Waals surface area contributed by atoms with E-state index in [4.69, 9.17) is 38.4 Å². The second kappa shape index (κ2) is 7.50. The summed E-state index contributed by atoms with van der Waals surface area (Å²) in [4.78, 5) is 24.2. The smallest absolute Gasteiger partial charge is 0.341 e. The molecule has 1 aliphatic heterocycles. The van der Waals surface area contributed by atoms with Crippen LogP contribution >= 0.6 is 23.8 Å². The number of carbonyl (C=O) groups is 2. The molecule has 1 fully saturated rings. The number of hydrogen-bond acceptors (Lipinski definition) is 5. The number of carboxylic acid groups (broad SMARTS) is 1. The highest BCUT2D eigenvalue weighted by Crippen LogP contribution is 2.37. The summed E-state index contributed by atoms with van der Waals surface area (Å²) in [5, 5.41) is 12.0. The fourth-order valence-corrected chi connectivity index (χ4v) is 2.72. The number of ether oxygens (including phenoxy) is 2. The molecule has 0 saturated carbocycles. The Bertz CT molecular complexity index is 735. The molecule has 1 heterocycles. The van der Waals surface area contributed by atoms with Gasteiger partial charge in [0.25, 0.3) is 5.91 Å². The summed E-state index contributed by atoms with van der Waals surface area (Å²) in [7, 11) is 1.41. The molecule has 1 amide bonds. The van der Waals surface area contributed by atoms with Gasteiger partial charge in [0.05, 0.1) is 12.1 Å². The van der Waals surface area contributed by atoms with Gasteiger partial charge in [-0.2, -0.15) is 0 Å². The van der Waals surface area contributed by atoms with Crippen LogP contribution in [0.3, 0.4) is 0 Å². The molecule has 2 rings (SSSR count). The Morgan fingerprint density at radius 1 is 1.50 bits per heavy atom. The normalized spacial score (nSPS) is 15.6. The summed E-state index contributed by atoms with van der Waals surface area (Å²) >= 11 is 11.2. The topological polar surface area (TPSA) is 88.1 Å². The van der Waals surface area contributed by atoms with Gasteiger partial charge in [-0.1, -0.05) is 11.6 Å². The molecule has 1 aromatic carbocycles. The van der Waals surface area contributed by atoms with Crippen molar-refractivity contribution in [3.8, 4) is 11.5 Å². The summed E-state index contributed by atoms with van der Waals surface area (Å²) in [6.45, 7) is 1.74. The third-order valence-corrected chi connectivity index (χ3v) is 3.78. The van der Waals surface area contributed by atoms with Gasteiger partial charge in [0.15, 0.2) is 23.2 Å². The van der Waals surface area contributed by atoms with Gasteiger partial charge in [-0.25, -0.2) is 4.79 Å². The molecular formula is C15H15ClN2O5S. The first kappa shape index (κ1) is 18.0. The van der Waals surface area contributed by atoms with Gasteiger partial charge >= 0.3 is 5.97 Å². The van der Waals surface area contributed by atoms with E-state index < -0.39 is 12.6 Å². The molecule has 0 bridgehead atoms. The predicted molar refractivity (Wildman–Crippen MR) is 92.2 cm³/mol. The Morgan fingerprint density at radius 2 is 2.21 bits per heavy atom. The number of carbonyl (C=O) groups excluding carboxylic acids is 1. The quantitative estimate of drug-likeness (QED) is 0.584. The van der Waals surface area contributed by atoms with E-state index in [2.05, 4.69) is 5.32 Å². The first-order chi connectivity index (χ1) is 11.4. The number of nitrogens with zero attached hydrogens (tertiary/aromatic N) is 1. The highest BCUT2D eigenvalue weighted by Gasteiger charge is 2.29. The third-order valence-electron chi connectivity index (χ3n) is 3.18. The fourth-order valence-electron chi connectivity index (χ4n) is 2.12. The van der Waals surface area contributed by atoms with Crippen LogP contribution in [0.25, 0.3) is 6.08 Å². The summed E-state index contributed by atoms with van der Waals surface area (Å²) in [5.41, 5.74) is 0.898. The van der Waals surface area contributed by atoms with E-state index in [-0.39, 0.29) is 22.4 Å². The number of methoxy groups -OCH3 is 1. The number of halogens is 1. The molecule has 0 atom stereocenters. The minimum atomic E-state index is -1.13. The van der Waals surface area contributed by atoms with Crippen LogP contribution in [0.15, 0.2) is 17.8 Å². The number of aliphatic carboxylic acids is 1. The number of rotatable bonds is 6. The highest BCUT2D eigenvalue weighted by atomic mass is 35.5. The second-order valence-electron chi connectivity index (χ2n) is 4.75. The number of hydrogen-bond donors (Lipinski definition) is 2. The van der Waals surface area contributed by atoms with Crippen molar-refractivity contribution in [2.75, 3.05) is 20.3 Å². The van der Waals surface area contributed by atoms with Crippen molar-refractivity contribution in [3.05, 3.63) is 28.4 Å². The highest BCUT2D eigenvalue weighted by molar-refractivity contribution is 7.80. The number of thiocarbonyl (C=S) groups is 1. The van der Waals surface area contributed by atoms with Crippen molar-refractivity contribution in [2.45, 2.75) is 6.92 Å². The minimum Gasteiger partial charge on any atom is -0.493 e. The Hall–Kier alpha value is -2.32. The molecule has 0 unspecified atom stereocenters. The van der Waals surface area contributed by atoms with Gasteiger partial charge < -0.3 is 19.9 Å². The van der Waals surface area contributed by atoms with Crippen molar-refractivity contribution < 1.29 is 24.2 Å². The van der Waals surface area contributed by atoms with Crippen LogP contribution in [0.2, 0.25) is 5.02 Å². The van der Waals surface area contributed by atoms with Crippen molar-refractivity contribution in [1.29, 1.82) is 0 Å². The van der Waals surface area contributed by atoms with E-state index in [0.717, 1.165) is 0 Å². The lowest BCUT2D eigenvalue weighted by molar-refractivity contribution is -0.139. The van der Waals surface area contributed by atoms with Crippen molar-refractivity contribution in [3.63, 3.8) is 0 Å². The van der Waals surface area contributed by atoms with Crippen LogP contribution in [-0.4, -0.2) is 47.3 Å². The Labute approximate surface area is 148 Å². The molecule has 1 aromatic rings. The van der Waals surface area contributed by atoms with Gasteiger partial charge in [-0.05, 0) is 42.9 Å². The SMILES string of the molecule is CCN1C(=O)/C(=C/c2cc(Cl)c(OCC(=O)O)c(OC)c2)NC1=S. The Morgan fingerprint density at radius 3 is 2.75 bits per heavy atom. The monoisotopic (exact) mass is 370 g/mol. The maximum Gasteiger partial charge on any atom is 0.341 e. The summed E-state index contributed by atoms with van der Waals surface area (Å²) in [5.74, 6) is -0.979. The van der Waals surface area contributed by atoms with Crippen LogP contribution < -0.4 is 14.8 Å². The van der Waals surface area contributed by atoms with Crippen LogP contribution in [-0.2, 0) is 9.59 Å². The first-order valence-electron chi connectivity index (χ1n) is 6.94. The number of carboxylic acids is 1. The zero-order valence-electron chi connectivity index (χ0n) is 13.0. The molecule has 1 aliphatic rings. The van der Waals surface area contributed by atoms with Crippen LogP contribution in [0, 0.1) is 0 Å². The van der Waals surface area contributed by atoms with Crippen LogP contribution in [0.4, 0.5) is 0 Å². The molecule has 1 saturated heterocycles. The standard InChI is InChI=1S/C15H15ClN2O5S/c1-3-18-14(21)10(17-15(18)24)5-8-4-9(16)13(11(6-8)22-2)23-7-12(19)20/h4-6H,3,7H2,1-2H3,(H,17,24)(H,19,20)/b10-5-. The van der Waals surface area contributed by atoms with Crippen LogP contribution in [0.1, 0.15) is 12.5 Å². The van der Waals surface area contributed by atoms with Gasteiger partial charge in [0.2, 0.25) is 0 Å². The van der Waals surface area contributed by atoms with E-state index in [1.54, 1.807) is 18.2 Å². The molecule has 9 heteroatoms. The molecule has 0 aromatic heterocycles.